The van der Waals surface area contributed by atoms with Gasteiger partial charge in [0.05, 0.1) is 5.02 Å². The summed E-state index contributed by atoms with van der Waals surface area (Å²) in [4.78, 5) is 16.9. The van der Waals surface area contributed by atoms with Crippen molar-refractivity contribution in [1.29, 1.82) is 0 Å². The van der Waals surface area contributed by atoms with Gasteiger partial charge in [0.2, 0.25) is 0 Å². The summed E-state index contributed by atoms with van der Waals surface area (Å²) in [5.41, 5.74) is -0.917. The van der Waals surface area contributed by atoms with Gasteiger partial charge in [-0.05, 0) is 32.5 Å². The molecule has 0 unspecified atom stereocenters. The Morgan fingerprint density at radius 3 is 2.43 bits per heavy atom. The Morgan fingerprint density at radius 2 is 1.86 bits per heavy atom. The molecule has 0 aromatic heterocycles. The van der Waals surface area contributed by atoms with E-state index in [9.17, 15) is 4.79 Å². The first-order chi connectivity index (χ1) is 9.94. The van der Waals surface area contributed by atoms with Crippen LogP contribution in [0.2, 0.25) is 5.02 Å². The van der Waals surface area contributed by atoms with Crippen molar-refractivity contribution in [3.63, 3.8) is 0 Å². The zero-order chi connectivity index (χ0) is 15.5. The van der Waals surface area contributed by atoms with Crippen molar-refractivity contribution < 1.29 is 9.53 Å². The number of piperazine rings is 1. The van der Waals surface area contributed by atoms with Gasteiger partial charge in [0.25, 0.3) is 5.91 Å². The molecule has 0 radical (unpaired) electrons. The van der Waals surface area contributed by atoms with Gasteiger partial charge < -0.3 is 14.5 Å². The average molecular weight is 311 g/mol. The number of carbonyl (C=O) groups is 1. The quantitative estimate of drug-likeness (QED) is 0.857. The summed E-state index contributed by atoms with van der Waals surface area (Å²) in [6.07, 6.45) is 0. The number of ether oxygens (including phenoxy) is 1. The third-order valence-corrected chi connectivity index (χ3v) is 4.14. The second-order valence-electron chi connectivity index (χ2n) is 5.77. The van der Waals surface area contributed by atoms with Crippen LogP contribution in [-0.4, -0.2) is 54.0 Å². The molecule has 1 aliphatic rings. The van der Waals surface area contributed by atoms with Gasteiger partial charge >= 0.3 is 0 Å². The van der Waals surface area contributed by atoms with Crippen LogP contribution in [0.15, 0.2) is 24.3 Å². The zero-order valence-electron chi connectivity index (χ0n) is 12.9. The van der Waals surface area contributed by atoms with Gasteiger partial charge in [-0.25, -0.2) is 0 Å². The number of nitrogens with zero attached hydrogens (tertiary/aromatic N) is 2. The summed E-state index contributed by atoms with van der Waals surface area (Å²) in [5.74, 6) is 0.558. The second-order valence-corrected chi connectivity index (χ2v) is 6.18. The first-order valence-corrected chi connectivity index (χ1v) is 7.77. The lowest BCUT2D eigenvalue weighted by Crippen LogP contribution is -2.55. The summed E-state index contributed by atoms with van der Waals surface area (Å²) < 4.78 is 5.86. The van der Waals surface area contributed by atoms with E-state index in [4.69, 9.17) is 16.3 Å². The highest BCUT2D eigenvalue weighted by atomic mass is 35.5. The molecule has 1 heterocycles. The SMILES string of the molecule is CCN1CCN(C(=O)C(C)(C)Oc2ccccc2Cl)CC1. The number of likely N-dealkylation sites (N-methyl/N-ethyl adjacent to an activating group) is 1. The maximum Gasteiger partial charge on any atom is 0.266 e. The molecule has 0 saturated carbocycles. The summed E-state index contributed by atoms with van der Waals surface area (Å²) >= 11 is 6.10. The molecule has 1 aromatic carbocycles. The standard InChI is InChI=1S/C16H23ClN2O2/c1-4-18-9-11-19(12-10-18)15(20)16(2,3)21-14-8-6-5-7-13(14)17/h5-8H,4,9-12H2,1-3H3. The molecule has 1 fully saturated rings. The predicted molar refractivity (Wildman–Crippen MR) is 84.9 cm³/mol. The Morgan fingerprint density at radius 1 is 1.24 bits per heavy atom. The number of hydrogen-bond donors (Lipinski definition) is 0. The van der Waals surface area contributed by atoms with E-state index in [1.165, 1.54) is 0 Å². The zero-order valence-corrected chi connectivity index (χ0v) is 13.7. The summed E-state index contributed by atoms with van der Waals surface area (Å²) in [7, 11) is 0. The highest BCUT2D eigenvalue weighted by molar-refractivity contribution is 6.32. The normalized spacial score (nSPS) is 16.9. The lowest BCUT2D eigenvalue weighted by atomic mass is 10.1. The van der Waals surface area contributed by atoms with Gasteiger partial charge in [0.1, 0.15) is 5.75 Å². The molecular weight excluding hydrogens is 288 g/mol. The van der Waals surface area contributed by atoms with Crippen molar-refractivity contribution in [2.24, 2.45) is 0 Å². The van der Waals surface area contributed by atoms with E-state index >= 15 is 0 Å². The fourth-order valence-electron chi connectivity index (χ4n) is 2.49. The van der Waals surface area contributed by atoms with Crippen LogP contribution < -0.4 is 4.74 Å². The molecular formula is C16H23ClN2O2. The number of benzene rings is 1. The van der Waals surface area contributed by atoms with E-state index in [0.29, 0.717) is 10.8 Å². The largest absolute Gasteiger partial charge is 0.476 e. The van der Waals surface area contributed by atoms with Crippen molar-refractivity contribution >= 4 is 17.5 Å². The van der Waals surface area contributed by atoms with Crippen LogP contribution in [0.5, 0.6) is 5.75 Å². The molecule has 0 aliphatic carbocycles. The molecule has 21 heavy (non-hydrogen) atoms. The number of halogens is 1. The van der Waals surface area contributed by atoms with Crippen molar-refractivity contribution in [3.8, 4) is 5.75 Å². The van der Waals surface area contributed by atoms with E-state index in [1.54, 1.807) is 26.0 Å². The fraction of sp³-hybridized carbons (Fsp3) is 0.562. The Kier molecular flexibility index (Phi) is 5.12. The van der Waals surface area contributed by atoms with Gasteiger partial charge in [-0.3, -0.25) is 4.79 Å². The maximum atomic E-state index is 12.7. The second kappa shape index (κ2) is 6.67. The topological polar surface area (TPSA) is 32.8 Å². The van der Waals surface area contributed by atoms with Gasteiger partial charge in [-0.2, -0.15) is 0 Å². The minimum Gasteiger partial charge on any atom is -0.476 e. The van der Waals surface area contributed by atoms with Crippen LogP contribution in [-0.2, 0) is 4.79 Å². The van der Waals surface area contributed by atoms with Gasteiger partial charge in [-0.15, -0.1) is 0 Å². The highest BCUT2D eigenvalue weighted by Gasteiger charge is 2.35. The minimum absolute atomic E-state index is 0.0122. The van der Waals surface area contributed by atoms with Crippen LogP contribution >= 0.6 is 11.6 Å². The Labute approximate surface area is 131 Å². The maximum absolute atomic E-state index is 12.7. The molecule has 1 saturated heterocycles. The van der Waals surface area contributed by atoms with Crippen LogP contribution in [0.1, 0.15) is 20.8 Å². The third kappa shape index (κ3) is 3.89. The molecule has 0 spiro atoms. The Hall–Kier alpha value is -1.26. The molecule has 0 bridgehead atoms. The number of hydrogen-bond acceptors (Lipinski definition) is 3. The first-order valence-electron chi connectivity index (χ1n) is 7.39. The van der Waals surface area contributed by atoms with Crippen LogP contribution in [0.25, 0.3) is 0 Å². The van der Waals surface area contributed by atoms with Crippen LogP contribution in [0.4, 0.5) is 0 Å². The molecule has 1 amide bonds. The lowest BCUT2D eigenvalue weighted by molar-refractivity contribution is -0.147. The fourth-order valence-corrected chi connectivity index (χ4v) is 2.67. The van der Waals surface area contributed by atoms with Crippen molar-refractivity contribution in [2.45, 2.75) is 26.4 Å². The smallest absolute Gasteiger partial charge is 0.266 e. The number of para-hydroxylation sites is 1. The minimum atomic E-state index is -0.917. The van der Waals surface area contributed by atoms with Gasteiger partial charge in [-0.1, -0.05) is 30.7 Å². The molecule has 4 nitrogen and oxygen atoms in total. The monoisotopic (exact) mass is 310 g/mol. The third-order valence-electron chi connectivity index (χ3n) is 3.82. The average Bonchev–Trinajstić information content (AvgIpc) is 2.49. The highest BCUT2D eigenvalue weighted by Crippen LogP contribution is 2.28. The number of rotatable bonds is 4. The summed E-state index contributed by atoms with van der Waals surface area (Å²) in [6.45, 7) is 10.1. The molecule has 0 N–H and O–H groups in total. The van der Waals surface area contributed by atoms with E-state index in [0.717, 1.165) is 32.7 Å². The van der Waals surface area contributed by atoms with E-state index in [2.05, 4.69) is 11.8 Å². The molecule has 0 atom stereocenters. The molecule has 5 heteroatoms. The van der Waals surface area contributed by atoms with Gasteiger partial charge in [0.15, 0.2) is 5.60 Å². The Bertz CT molecular complexity index is 497. The molecule has 116 valence electrons. The first kappa shape index (κ1) is 16.1. The number of carbonyl (C=O) groups excluding carboxylic acids is 1. The van der Waals surface area contributed by atoms with Gasteiger partial charge in [0, 0.05) is 26.2 Å². The van der Waals surface area contributed by atoms with Crippen LogP contribution in [0, 0.1) is 0 Å². The van der Waals surface area contributed by atoms with E-state index < -0.39 is 5.60 Å². The lowest BCUT2D eigenvalue weighted by Gasteiger charge is -2.38. The van der Waals surface area contributed by atoms with Crippen molar-refractivity contribution in [1.82, 2.24) is 9.80 Å². The van der Waals surface area contributed by atoms with Crippen molar-refractivity contribution in [3.05, 3.63) is 29.3 Å². The molecule has 1 aromatic rings. The van der Waals surface area contributed by atoms with E-state index in [-0.39, 0.29) is 5.91 Å². The summed E-state index contributed by atoms with van der Waals surface area (Å²) in [6, 6.07) is 7.24. The molecule has 1 aliphatic heterocycles. The number of amides is 1. The molecule has 2 rings (SSSR count). The van der Waals surface area contributed by atoms with Crippen LogP contribution in [0.3, 0.4) is 0 Å². The summed E-state index contributed by atoms with van der Waals surface area (Å²) in [5, 5.41) is 0.522. The van der Waals surface area contributed by atoms with Crippen molar-refractivity contribution in [2.75, 3.05) is 32.7 Å². The predicted octanol–water partition coefficient (Wildman–Crippen LogP) is 2.66. The Balaban J connectivity index is 2.02. The van der Waals surface area contributed by atoms with E-state index in [1.807, 2.05) is 17.0 Å².